The van der Waals surface area contributed by atoms with E-state index in [1.807, 2.05) is 66.9 Å². The summed E-state index contributed by atoms with van der Waals surface area (Å²) in [6.07, 6.45) is 6.76. The number of amides is 1. The zero-order valence-electron chi connectivity index (χ0n) is 38.0. The van der Waals surface area contributed by atoms with Crippen LogP contribution < -0.4 is 5.56 Å². The van der Waals surface area contributed by atoms with E-state index in [9.17, 15) is 22.8 Å². The molecule has 2 fully saturated rings. The fraction of sp³-hybridized carbons (Fsp3) is 0.250. The van der Waals surface area contributed by atoms with E-state index in [1.54, 1.807) is 39.8 Å². The normalized spacial score (nSPS) is 15.6. The molecule has 0 spiro atoms. The van der Waals surface area contributed by atoms with Crippen molar-refractivity contribution in [1.82, 2.24) is 24.1 Å². The van der Waals surface area contributed by atoms with Crippen LogP contribution in [0, 0.1) is 24.4 Å². The van der Waals surface area contributed by atoms with Crippen molar-refractivity contribution in [3.05, 3.63) is 223 Å². The van der Waals surface area contributed by atoms with Gasteiger partial charge in [-0.05, 0) is 120 Å². The van der Waals surface area contributed by atoms with Crippen molar-refractivity contribution in [3.63, 3.8) is 0 Å². The van der Waals surface area contributed by atoms with Crippen LogP contribution in [0.1, 0.15) is 75.1 Å². The van der Waals surface area contributed by atoms with Crippen LogP contribution in [0.2, 0.25) is 0 Å². The van der Waals surface area contributed by atoms with Crippen LogP contribution in [0.4, 0.5) is 13.2 Å². The highest BCUT2D eigenvalue weighted by atomic mass is 32.1. The Morgan fingerprint density at radius 1 is 0.618 bits per heavy atom. The summed E-state index contributed by atoms with van der Waals surface area (Å²) in [7, 11) is 0. The molecule has 0 saturated carbocycles. The second kappa shape index (κ2) is 21.3. The van der Waals surface area contributed by atoms with Gasteiger partial charge in [0.2, 0.25) is 0 Å². The molecule has 0 N–H and O–H groups in total. The van der Waals surface area contributed by atoms with Gasteiger partial charge in [-0.25, -0.2) is 18.2 Å². The number of rotatable bonds is 10. The molecule has 2 saturated heterocycles. The Morgan fingerprint density at radius 2 is 1.10 bits per heavy atom. The maximum atomic E-state index is 13.6. The summed E-state index contributed by atoms with van der Waals surface area (Å²) in [6.45, 7) is 7.71. The molecule has 5 heterocycles. The average molecular weight is 948 g/mol. The average Bonchev–Trinajstić information content (AvgIpc) is 3.84. The van der Waals surface area contributed by atoms with Gasteiger partial charge in [0.15, 0.2) is 4.96 Å². The van der Waals surface area contributed by atoms with Crippen molar-refractivity contribution >= 4 is 50.6 Å². The molecule has 346 valence electrons. The van der Waals surface area contributed by atoms with Gasteiger partial charge in [-0.2, -0.15) is 0 Å². The van der Waals surface area contributed by atoms with Gasteiger partial charge >= 0.3 is 0 Å². The maximum Gasteiger partial charge on any atom is 0.261 e. The first-order valence-corrected chi connectivity index (χ1v) is 24.5. The van der Waals surface area contributed by atoms with E-state index in [0.29, 0.717) is 24.4 Å². The lowest BCUT2D eigenvalue weighted by Crippen LogP contribution is -2.46. The number of nitrogens with zero attached hydrogens (tertiary/aromatic N) is 5. The molecule has 7 aromatic rings. The fourth-order valence-corrected chi connectivity index (χ4v) is 10.7. The van der Waals surface area contributed by atoms with Crippen LogP contribution in [0.3, 0.4) is 0 Å². The molecule has 0 unspecified atom stereocenters. The minimum atomic E-state index is -0.278. The molecular weight excluding hydrogens is 896 g/mol. The number of aromatic nitrogens is 2. The Balaban J connectivity index is 0.000000170. The Morgan fingerprint density at radius 3 is 1.65 bits per heavy atom. The van der Waals surface area contributed by atoms with Crippen LogP contribution >= 0.6 is 23.6 Å². The molecule has 12 heteroatoms. The summed E-state index contributed by atoms with van der Waals surface area (Å²) in [5, 5.41) is 1.90. The van der Waals surface area contributed by atoms with E-state index in [0.717, 1.165) is 115 Å². The van der Waals surface area contributed by atoms with Gasteiger partial charge in [-0.3, -0.25) is 14.0 Å². The van der Waals surface area contributed by atoms with Crippen LogP contribution in [0.15, 0.2) is 155 Å². The second-order valence-electron chi connectivity index (χ2n) is 17.5. The third kappa shape index (κ3) is 10.7. The molecule has 10 rings (SSSR count). The molecule has 0 bridgehead atoms. The summed E-state index contributed by atoms with van der Waals surface area (Å²) in [5.41, 5.74) is 12.5. The molecule has 3 aliphatic heterocycles. The standard InChI is InChI=1S/C29H26F2N2OS.C27H26FN3OS/c30-24-9-5-20(6-10-24)28(21-7-11-25(31)12-8-21)22-13-15-32(16-14-22)17-18-33-27(35)19-23-3-1-2-4-26(23)29(33)34;1-19-24(26(32)31-17-18-33-27(31)29-19)13-16-30-14-11-22(12-15-30)25(20-5-3-2-4-6-20)21-7-9-23(28)10-8-21/h1-12H,13-19H2;2-10,17-18H,11-16H2,1H3. The molecular formula is C56H52F3N5O2S2. The third-order valence-corrected chi connectivity index (χ3v) is 14.4. The van der Waals surface area contributed by atoms with Crippen molar-refractivity contribution in [3.8, 4) is 0 Å². The Kier molecular flexibility index (Phi) is 14.7. The highest BCUT2D eigenvalue weighted by Crippen LogP contribution is 2.34. The zero-order valence-corrected chi connectivity index (χ0v) is 39.6. The number of aryl methyl sites for hydroxylation is 1. The van der Waals surface area contributed by atoms with E-state index in [1.165, 1.54) is 70.0 Å². The lowest BCUT2D eigenvalue weighted by atomic mass is 9.88. The first-order valence-electron chi connectivity index (χ1n) is 23.2. The van der Waals surface area contributed by atoms with E-state index in [4.69, 9.17) is 12.2 Å². The summed E-state index contributed by atoms with van der Waals surface area (Å²) >= 11 is 7.04. The predicted octanol–water partition coefficient (Wildman–Crippen LogP) is 11.2. The van der Waals surface area contributed by atoms with Gasteiger partial charge in [0.25, 0.3) is 11.5 Å². The maximum absolute atomic E-state index is 13.6. The van der Waals surface area contributed by atoms with Crippen LogP contribution in [-0.4, -0.2) is 80.8 Å². The molecule has 0 atom stereocenters. The number of carbonyl (C=O) groups is 1. The summed E-state index contributed by atoms with van der Waals surface area (Å²) in [4.78, 5) is 38.4. The Labute approximate surface area is 404 Å². The van der Waals surface area contributed by atoms with Gasteiger partial charge in [0.1, 0.15) is 17.5 Å². The fourth-order valence-electron chi connectivity index (χ4n) is 9.64. The number of thiocarbonyl (C=S) groups is 1. The molecule has 7 nitrogen and oxygen atoms in total. The smallest absolute Gasteiger partial charge is 0.261 e. The van der Waals surface area contributed by atoms with Crippen LogP contribution in [-0.2, 0) is 12.8 Å². The summed E-state index contributed by atoms with van der Waals surface area (Å²) < 4.78 is 42.3. The van der Waals surface area contributed by atoms with Crippen molar-refractivity contribution in [2.45, 2.75) is 45.4 Å². The molecule has 5 aromatic carbocycles. The van der Waals surface area contributed by atoms with E-state index >= 15 is 0 Å². The number of thiazole rings is 1. The lowest BCUT2D eigenvalue weighted by molar-refractivity contribution is 0.0826. The first-order chi connectivity index (χ1) is 33.1. The van der Waals surface area contributed by atoms with Crippen molar-refractivity contribution in [1.29, 1.82) is 0 Å². The molecule has 0 radical (unpaired) electrons. The number of benzene rings is 5. The Bertz CT molecular complexity index is 2990. The number of carbonyl (C=O) groups excluding carboxylic acids is 1. The second-order valence-corrected chi connectivity index (χ2v) is 18.8. The first kappa shape index (κ1) is 46.8. The largest absolute Gasteiger partial charge is 0.302 e. The molecule has 0 aliphatic carbocycles. The summed E-state index contributed by atoms with van der Waals surface area (Å²) in [6, 6.07) is 37.9. The van der Waals surface area contributed by atoms with E-state index in [-0.39, 0.29) is 28.9 Å². The van der Waals surface area contributed by atoms with E-state index < -0.39 is 0 Å². The number of fused-ring (bicyclic) bond motifs is 2. The monoisotopic (exact) mass is 947 g/mol. The van der Waals surface area contributed by atoms with Gasteiger partial charge < -0.3 is 14.7 Å². The van der Waals surface area contributed by atoms with Crippen LogP contribution in [0.5, 0.6) is 0 Å². The number of piperidine rings is 2. The van der Waals surface area contributed by atoms with Crippen LogP contribution in [0.25, 0.3) is 16.1 Å². The lowest BCUT2D eigenvalue weighted by Gasteiger charge is -2.34. The van der Waals surface area contributed by atoms with Crippen molar-refractivity contribution in [2.75, 3.05) is 45.8 Å². The van der Waals surface area contributed by atoms with Crippen molar-refractivity contribution in [2.24, 2.45) is 0 Å². The third-order valence-electron chi connectivity index (χ3n) is 13.3. The predicted molar refractivity (Wildman–Crippen MR) is 271 cm³/mol. The number of hydrogen-bond donors (Lipinski definition) is 0. The van der Waals surface area contributed by atoms with Crippen molar-refractivity contribution < 1.29 is 18.0 Å². The SMILES string of the molecule is Cc1nc2sccn2c(=O)c1CCN1CCC(=C(c2ccccc2)c2ccc(F)cc2)CC1.O=C1c2ccccc2CC(=S)N1CCN1CCC(=C(c2ccc(F)cc2)c2ccc(F)cc2)CC1. The van der Waals surface area contributed by atoms with Gasteiger partial charge in [-0.15, -0.1) is 11.3 Å². The van der Waals surface area contributed by atoms with Gasteiger partial charge in [0.05, 0.1) is 4.99 Å². The molecule has 3 aliphatic rings. The summed E-state index contributed by atoms with van der Waals surface area (Å²) in [5.74, 6) is -0.781. The highest BCUT2D eigenvalue weighted by molar-refractivity contribution is 7.80. The minimum Gasteiger partial charge on any atom is -0.302 e. The molecule has 2 aromatic heterocycles. The minimum absolute atomic E-state index is 0.00986. The van der Waals surface area contributed by atoms with Gasteiger partial charge in [-0.1, -0.05) is 108 Å². The Hall–Kier alpha value is -6.31. The van der Waals surface area contributed by atoms with E-state index in [2.05, 4.69) is 26.9 Å². The van der Waals surface area contributed by atoms with Gasteiger partial charge in [0, 0.05) is 80.6 Å². The topological polar surface area (TPSA) is 61.2 Å². The quantitative estimate of drug-likeness (QED) is 0.127. The zero-order chi connectivity index (χ0) is 47.1. The molecule has 1 amide bonds. The number of hydrogen-bond acceptors (Lipinski definition) is 7. The molecule has 68 heavy (non-hydrogen) atoms. The number of likely N-dealkylation sites (tertiary alicyclic amines) is 2. The number of halogens is 3. The highest BCUT2D eigenvalue weighted by Gasteiger charge is 2.29.